The smallest absolute Gasteiger partial charge is 0.320 e. The van der Waals surface area contributed by atoms with Crippen LogP contribution in [0.1, 0.15) is 11.1 Å². The minimum absolute atomic E-state index is 0.202. The van der Waals surface area contributed by atoms with Gasteiger partial charge in [-0.15, -0.1) is 0 Å². The number of halogens is 3. The Balaban J connectivity index is 1.49. The second kappa shape index (κ2) is 7.78. The molecule has 1 aliphatic heterocycles. The number of urea groups is 1. The number of amides is 2. The van der Waals surface area contributed by atoms with Crippen molar-refractivity contribution >= 4 is 34.9 Å². The van der Waals surface area contributed by atoms with Crippen molar-refractivity contribution in [2.24, 2.45) is 0 Å². The van der Waals surface area contributed by atoms with Gasteiger partial charge in [0.05, 0.1) is 10.0 Å². The van der Waals surface area contributed by atoms with E-state index in [1.807, 2.05) is 18.2 Å². The fourth-order valence-corrected chi connectivity index (χ4v) is 3.57. The van der Waals surface area contributed by atoms with Crippen molar-refractivity contribution < 1.29 is 9.18 Å². The average Bonchev–Trinajstić information content (AvgIpc) is 2.70. The van der Waals surface area contributed by atoms with E-state index >= 15 is 0 Å². The molecule has 2 amide bonds. The quantitative estimate of drug-likeness (QED) is 0.538. The van der Waals surface area contributed by atoms with Gasteiger partial charge >= 0.3 is 6.03 Å². The first-order chi connectivity index (χ1) is 13.5. The number of pyridine rings is 1. The maximum atomic E-state index is 13.9. The van der Waals surface area contributed by atoms with E-state index in [2.05, 4.69) is 10.3 Å². The SMILES string of the molecule is O=C(Nc1ccc(Cl)c(Cl)c1)N1CCc2cc(-c3cccnc3F)ccc2C1. The van der Waals surface area contributed by atoms with Gasteiger partial charge in [-0.1, -0.05) is 41.4 Å². The summed E-state index contributed by atoms with van der Waals surface area (Å²) in [5.74, 6) is -0.485. The first-order valence-electron chi connectivity index (χ1n) is 8.75. The van der Waals surface area contributed by atoms with Gasteiger partial charge in [0.15, 0.2) is 0 Å². The third-order valence-electron chi connectivity index (χ3n) is 4.75. The van der Waals surface area contributed by atoms with Gasteiger partial charge in [0, 0.05) is 30.5 Å². The zero-order chi connectivity index (χ0) is 19.7. The highest BCUT2D eigenvalue weighted by Gasteiger charge is 2.21. The van der Waals surface area contributed by atoms with Crippen LogP contribution < -0.4 is 5.32 Å². The molecule has 28 heavy (non-hydrogen) atoms. The molecule has 0 radical (unpaired) electrons. The Labute approximate surface area is 171 Å². The van der Waals surface area contributed by atoms with Crippen LogP contribution >= 0.6 is 23.2 Å². The zero-order valence-electron chi connectivity index (χ0n) is 14.8. The molecule has 0 bridgehead atoms. The highest BCUT2D eigenvalue weighted by Crippen LogP contribution is 2.28. The lowest BCUT2D eigenvalue weighted by atomic mass is 9.95. The molecule has 1 aliphatic rings. The van der Waals surface area contributed by atoms with Crippen LogP contribution in [-0.2, 0) is 13.0 Å². The number of nitrogens with zero attached hydrogens (tertiary/aromatic N) is 2. The van der Waals surface area contributed by atoms with E-state index < -0.39 is 5.95 Å². The van der Waals surface area contributed by atoms with Crippen LogP contribution in [0.5, 0.6) is 0 Å². The van der Waals surface area contributed by atoms with Crippen molar-refractivity contribution in [1.82, 2.24) is 9.88 Å². The zero-order valence-corrected chi connectivity index (χ0v) is 16.3. The lowest BCUT2D eigenvalue weighted by Gasteiger charge is -2.29. The van der Waals surface area contributed by atoms with Crippen LogP contribution in [0, 0.1) is 5.95 Å². The molecule has 3 aromatic rings. The maximum absolute atomic E-state index is 13.9. The van der Waals surface area contributed by atoms with Crippen LogP contribution in [0.3, 0.4) is 0 Å². The predicted molar refractivity (Wildman–Crippen MR) is 109 cm³/mol. The normalized spacial score (nSPS) is 13.2. The van der Waals surface area contributed by atoms with Gasteiger partial charge in [-0.2, -0.15) is 4.39 Å². The summed E-state index contributed by atoms with van der Waals surface area (Å²) in [4.78, 5) is 18.0. The van der Waals surface area contributed by atoms with Crippen molar-refractivity contribution in [1.29, 1.82) is 0 Å². The summed E-state index contributed by atoms with van der Waals surface area (Å²) in [5.41, 5.74) is 4.01. The van der Waals surface area contributed by atoms with Gasteiger partial charge in [0.25, 0.3) is 0 Å². The van der Waals surface area contributed by atoms with Crippen LogP contribution in [-0.4, -0.2) is 22.5 Å². The second-order valence-electron chi connectivity index (χ2n) is 6.56. The molecule has 1 aromatic heterocycles. The van der Waals surface area contributed by atoms with E-state index in [1.54, 1.807) is 35.2 Å². The maximum Gasteiger partial charge on any atom is 0.322 e. The number of rotatable bonds is 2. The van der Waals surface area contributed by atoms with E-state index in [-0.39, 0.29) is 6.03 Å². The molecule has 0 fully saturated rings. The number of nitrogens with one attached hydrogen (secondary N) is 1. The van der Waals surface area contributed by atoms with Gasteiger partial charge in [-0.05, 0) is 53.4 Å². The number of hydrogen-bond acceptors (Lipinski definition) is 2. The molecular weight excluding hydrogens is 400 g/mol. The number of anilines is 1. The van der Waals surface area contributed by atoms with Crippen molar-refractivity contribution in [2.75, 3.05) is 11.9 Å². The molecule has 142 valence electrons. The summed E-state index contributed by atoms with van der Waals surface area (Å²) in [6.45, 7) is 1.05. The monoisotopic (exact) mass is 415 g/mol. The van der Waals surface area contributed by atoms with Crippen LogP contribution in [0.15, 0.2) is 54.7 Å². The summed E-state index contributed by atoms with van der Waals surface area (Å²) in [7, 11) is 0. The molecule has 1 N–H and O–H groups in total. The summed E-state index contributed by atoms with van der Waals surface area (Å²) in [5, 5.41) is 3.67. The van der Waals surface area contributed by atoms with Crippen molar-refractivity contribution in [3.05, 3.63) is 81.8 Å². The number of carbonyl (C=O) groups excluding carboxylic acids is 1. The number of fused-ring (bicyclic) bond motifs is 1. The molecule has 0 unspecified atom stereocenters. The molecule has 0 atom stereocenters. The van der Waals surface area contributed by atoms with E-state index in [9.17, 15) is 9.18 Å². The van der Waals surface area contributed by atoms with E-state index in [0.717, 1.165) is 16.7 Å². The number of benzene rings is 2. The Hall–Kier alpha value is -2.63. The third kappa shape index (κ3) is 3.81. The fourth-order valence-electron chi connectivity index (χ4n) is 3.27. The van der Waals surface area contributed by atoms with Crippen molar-refractivity contribution in [3.63, 3.8) is 0 Å². The summed E-state index contributed by atoms with van der Waals surface area (Å²) < 4.78 is 13.9. The van der Waals surface area contributed by atoms with Gasteiger partial charge in [0.2, 0.25) is 5.95 Å². The summed E-state index contributed by atoms with van der Waals surface area (Å²) in [6.07, 6.45) is 2.13. The van der Waals surface area contributed by atoms with Crippen LogP contribution in [0.25, 0.3) is 11.1 Å². The van der Waals surface area contributed by atoms with Crippen molar-refractivity contribution in [2.45, 2.75) is 13.0 Å². The lowest BCUT2D eigenvalue weighted by molar-refractivity contribution is 0.206. The largest absolute Gasteiger partial charge is 0.322 e. The topological polar surface area (TPSA) is 45.2 Å². The van der Waals surface area contributed by atoms with Crippen LogP contribution in [0.4, 0.5) is 14.9 Å². The number of hydrogen-bond donors (Lipinski definition) is 1. The Bertz CT molecular complexity index is 1060. The summed E-state index contributed by atoms with van der Waals surface area (Å²) in [6, 6.07) is 14.0. The Morgan fingerprint density at radius 2 is 1.93 bits per heavy atom. The summed E-state index contributed by atoms with van der Waals surface area (Å²) >= 11 is 11.9. The number of aromatic nitrogens is 1. The number of carbonyl (C=O) groups is 1. The minimum atomic E-state index is -0.485. The Morgan fingerprint density at radius 1 is 1.07 bits per heavy atom. The highest BCUT2D eigenvalue weighted by atomic mass is 35.5. The minimum Gasteiger partial charge on any atom is -0.320 e. The molecule has 0 saturated carbocycles. The average molecular weight is 416 g/mol. The molecule has 2 heterocycles. The second-order valence-corrected chi connectivity index (χ2v) is 7.37. The molecule has 7 heteroatoms. The molecule has 4 rings (SSSR count). The van der Waals surface area contributed by atoms with Gasteiger partial charge in [0.1, 0.15) is 0 Å². The first kappa shape index (κ1) is 18.7. The molecule has 0 aliphatic carbocycles. The Kier molecular flexibility index (Phi) is 5.20. The molecule has 0 saturated heterocycles. The van der Waals surface area contributed by atoms with Crippen LogP contribution in [0.2, 0.25) is 10.0 Å². The van der Waals surface area contributed by atoms with E-state index in [0.29, 0.717) is 40.8 Å². The third-order valence-corrected chi connectivity index (χ3v) is 5.49. The fraction of sp³-hybridized carbons (Fsp3) is 0.143. The molecule has 4 nitrogen and oxygen atoms in total. The highest BCUT2D eigenvalue weighted by molar-refractivity contribution is 6.42. The van der Waals surface area contributed by atoms with E-state index in [1.165, 1.54) is 6.20 Å². The van der Waals surface area contributed by atoms with Crippen molar-refractivity contribution in [3.8, 4) is 11.1 Å². The molecular formula is C21H16Cl2FN3O. The lowest BCUT2D eigenvalue weighted by Crippen LogP contribution is -2.38. The molecule has 0 spiro atoms. The Morgan fingerprint density at radius 3 is 2.71 bits per heavy atom. The van der Waals surface area contributed by atoms with Gasteiger partial charge in [-0.25, -0.2) is 9.78 Å². The van der Waals surface area contributed by atoms with E-state index in [4.69, 9.17) is 23.2 Å². The standard InChI is InChI=1S/C21H16Cl2FN3O/c22-18-6-5-16(11-19(18)23)26-21(28)27-9-7-13-10-14(3-4-15(13)12-27)17-2-1-8-25-20(17)24/h1-6,8,10-11H,7,9,12H2,(H,26,28). The first-order valence-corrected chi connectivity index (χ1v) is 9.50. The van der Waals surface area contributed by atoms with Gasteiger partial charge in [-0.3, -0.25) is 0 Å². The predicted octanol–water partition coefficient (Wildman–Crippen LogP) is 5.78. The molecule has 2 aromatic carbocycles. The van der Waals surface area contributed by atoms with Gasteiger partial charge < -0.3 is 10.2 Å².